The molecule has 0 amide bonds. The van der Waals surface area contributed by atoms with E-state index in [1.807, 2.05) is 0 Å². The average Bonchev–Trinajstić information content (AvgIpc) is 2.65. The van der Waals surface area contributed by atoms with Gasteiger partial charge in [-0.25, -0.2) is 0 Å². The molecule has 0 unspecified atom stereocenters. The van der Waals surface area contributed by atoms with Crippen molar-refractivity contribution in [2.75, 3.05) is 21.3 Å². The number of pyridine rings is 1. The van der Waals surface area contributed by atoms with Gasteiger partial charge >= 0.3 is 0 Å². The molecule has 1 aromatic heterocycles. The van der Waals surface area contributed by atoms with E-state index in [2.05, 4.69) is 4.98 Å². The fraction of sp³-hybridized carbons (Fsp3) is 0.158. The van der Waals surface area contributed by atoms with Gasteiger partial charge in [0.05, 0.1) is 26.9 Å². The lowest BCUT2D eigenvalue weighted by Crippen LogP contribution is -2.14. The predicted octanol–water partition coefficient (Wildman–Crippen LogP) is 3.18. The molecule has 3 aromatic rings. The van der Waals surface area contributed by atoms with E-state index >= 15 is 0 Å². The van der Waals surface area contributed by atoms with E-state index in [1.165, 1.54) is 21.3 Å². The number of benzene rings is 2. The van der Waals surface area contributed by atoms with Crippen molar-refractivity contribution in [1.29, 1.82) is 0 Å². The van der Waals surface area contributed by atoms with Crippen LogP contribution in [0.2, 0.25) is 0 Å². The molecule has 25 heavy (non-hydrogen) atoms. The van der Waals surface area contributed by atoms with Gasteiger partial charge in [-0.3, -0.25) is 9.78 Å². The van der Waals surface area contributed by atoms with E-state index < -0.39 is 0 Å². The van der Waals surface area contributed by atoms with Gasteiger partial charge in [-0.15, -0.1) is 0 Å². The number of carbonyl (C=O) groups is 1. The molecule has 6 heteroatoms. The summed E-state index contributed by atoms with van der Waals surface area (Å²) < 4.78 is 16.0. The first-order valence-corrected chi connectivity index (χ1v) is 7.61. The van der Waals surface area contributed by atoms with Gasteiger partial charge in [0, 0.05) is 22.7 Å². The zero-order valence-corrected chi connectivity index (χ0v) is 13.9. The van der Waals surface area contributed by atoms with Crippen LogP contribution in [-0.2, 0) is 0 Å². The highest BCUT2D eigenvalue weighted by Crippen LogP contribution is 2.51. The molecule has 126 valence electrons. The van der Waals surface area contributed by atoms with Crippen molar-refractivity contribution in [1.82, 2.24) is 4.98 Å². The summed E-state index contributed by atoms with van der Waals surface area (Å²) in [7, 11) is 4.46. The summed E-state index contributed by atoms with van der Waals surface area (Å²) in [6.07, 6.45) is 1.56. The van der Waals surface area contributed by atoms with Gasteiger partial charge in [-0.2, -0.15) is 0 Å². The highest BCUT2D eigenvalue weighted by atomic mass is 16.5. The average molecular weight is 337 g/mol. The number of aromatic nitrogens is 1. The second kappa shape index (κ2) is 5.37. The number of phenols is 1. The number of rotatable bonds is 3. The molecule has 0 saturated heterocycles. The van der Waals surface area contributed by atoms with E-state index in [-0.39, 0.29) is 17.2 Å². The number of hydrogen-bond donors (Lipinski definition) is 1. The van der Waals surface area contributed by atoms with Crippen molar-refractivity contribution >= 4 is 16.6 Å². The minimum Gasteiger partial charge on any atom is -0.504 e. The predicted molar refractivity (Wildman–Crippen MR) is 91.9 cm³/mol. The Morgan fingerprint density at radius 1 is 0.960 bits per heavy atom. The molecule has 1 heterocycles. The molecule has 1 aliphatic rings. The smallest absolute Gasteiger partial charge is 0.216 e. The van der Waals surface area contributed by atoms with Crippen molar-refractivity contribution < 1.29 is 24.1 Å². The van der Waals surface area contributed by atoms with Crippen LogP contribution >= 0.6 is 0 Å². The third-order valence-corrected chi connectivity index (χ3v) is 4.47. The molecule has 2 aromatic carbocycles. The highest BCUT2D eigenvalue weighted by Gasteiger charge is 2.33. The van der Waals surface area contributed by atoms with Crippen molar-refractivity contribution in [2.45, 2.75) is 0 Å². The lowest BCUT2D eigenvalue weighted by atomic mass is 9.84. The SMILES string of the molecule is COc1cc2ccnc3c2c(c1O)-c1ccc(OC)c(OC)c1C3=O. The Labute approximate surface area is 143 Å². The Balaban J connectivity index is 2.22. The molecule has 4 rings (SSSR count). The topological polar surface area (TPSA) is 77.9 Å². The van der Waals surface area contributed by atoms with Gasteiger partial charge in [0.15, 0.2) is 23.0 Å². The van der Waals surface area contributed by atoms with Crippen LogP contribution in [0, 0.1) is 0 Å². The Morgan fingerprint density at radius 3 is 2.40 bits per heavy atom. The summed E-state index contributed by atoms with van der Waals surface area (Å²) in [5.41, 5.74) is 1.65. The zero-order chi connectivity index (χ0) is 17.7. The summed E-state index contributed by atoms with van der Waals surface area (Å²) in [6, 6.07) is 6.91. The first-order chi connectivity index (χ1) is 12.1. The van der Waals surface area contributed by atoms with Crippen LogP contribution in [0.5, 0.6) is 23.0 Å². The molecule has 1 aliphatic carbocycles. The summed E-state index contributed by atoms with van der Waals surface area (Å²) in [5.74, 6) is 0.776. The number of ketones is 1. The standard InChI is InChI=1S/C19H15NO5/c1-23-11-5-4-10-14-13-9(8-12(24-2)17(14)21)6-7-20-16(13)18(22)15(10)19(11)25-3/h4-8,21H,1-3H3. The fourth-order valence-corrected chi connectivity index (χ4v) is 3.38. The number of phenolic OH excluding ortho intramolecular Hbond substituents is 1. The van der Waals surface area contributed by atoms with Gasteiger partial charge in [-0.1, -0.05) is 0 Å². The summed E-state index contributed by atoms with van der Waals surface area (Å²) >= 11 is 0. The Bertz CT molecular complexity index is 1040. The van der Waals surface area contributed by atoms with Gasteiger partial charge in [0.2, 0.25) is 5.78 Å². The number of hydrogen-bond acceptors (Lipinski definition) is 6. The zero-order valence-electron chi connectivity index (χ0n) is 13.9. The van der Waals surface area contributed by atoms with Crippen LogP contribution in [0.1, 0.15) is 16.1 Å². The molecule has 0 fully saturated rings. The number of methoxy groups -OCH3 is 3. The van der Waals surface area contributed by atoms with Crippen molar-refractivity contribution in [3.63, 3.8) is 0 Å². The van der Waals surface area contributed by atoms with Gasteiger partial charge < -0.3 is 19.3 Å². The van der Waals surface area contributed by atoms with Gasteiger partial charge in [0.25, 0.3) is 0 Å². The summed E-state index contributed by atoms with van der Waals surface area (Å²) in [5, 5.41) is 12.1. The summed E-state index contributed by atoms with van der Waals surface area (Å²) in [6.45, 7) is 0. The van der Waals surface area contributed by atoms with E-state index in [9.17, 15) is 9.90 Å². The van der Waals surface area contributed by atoms with Crippen molar-refractivity contribution in [2.24, 2.45) is 0 Å². The Hall–Kier alpha value is -3.28. The molecule has 0 spiro atoms. The quantitative estimate of drug-likeness (QED) is 0.619. The molecule has 0 aliphatic heterocycles. The summed E-state index contributed by atoms with van der Waals surface area (Å²) in [4.78, 5) is 17.3. The Morgan fingerprint density at radius 2 is 1.72 bits per heavy atom. The third-order valence-electron chi connectivity index (χ3n) is 4.47. The third kappa shape index (κ3) is 1.91. The van der Waals surface area contributed by atoms with Crippen LogP contribution < -0.4 is 14.2 Å². The first-order valence-electron chi connectivity index (χ1n) is 7.61. The molecule has 1 N–H and O–H groups in total. The van der Waals surface area contributed by atoms with Crippen LogP contribution in [0.25, 0.3) is 21.9 Å². The van der Waals surface area contributed by atoms with E-state index in [1.54, 1.807) is 30.5 Å². The number of aromatic hydroxyl groups is 1. The normalized spacial score (nSPS) is 12.0. The minimum atomic E-state index is -0.270. The second-order valence-corrected chi connectivity index (χ2v) is 5.61. The molecular formula is C19H15NO5. The maximum absolute atomic E-state index is 13.1. The number of ether oxygens (including phenoxy) is 3. The maximum atomic E-state index is 13.1. The second-order valence-electron chi connectivity index (χ2n) is 5.61. The number of fused-ring (bicyclic) bond motifs is 2. The van der Waals surface area contributed by atoms with Crippen LogP contribution in [0.3, 0.4) is 0 Å². The first kappa shape index (κ1) is 15.3. The molecule has 0 radical (unpaired) electrons. The minimum absolute atomic E-state index is 0.0368. The lowest BCUT2D eigenvalue weighted by Gasteiger charge is -2.23. The number of nitrogens with zero attached hydrogens (tertiary/aromatic N) is 1. The molecule has 0 atom stereocenters. The van der Waals surface area contributed by atoms with Crippen molar-refractivity contribution in [3.8, 4) is 34.1 Å². The van der Waals surface area contributed by atoms with Gasteiger partial charge in [-0.05, 0) is 29.7 Å². The van der Waals surface area contributed by atoms with Crippen LogP contribution in [-0.4, -0.2) is 37.2 Å². The molecule has 0 bridgehead atoms. The highest BCUT2D eigenvalue weighted by molar-refractivity contribution is 6.27. The number of carbonyl (C=O) groups excluding carboxylic acids is 1. The largest absolute Gasteiger partial charge is 0.504 e. The molecular weight excluding hydrogens is 322 g/mol. The lowest BCUT2D eigenvalue weighted by molar-refractivity contribution is 0.103. The van der Waals surface area contributed by atoms with E-state index in [0.717, 1.165) is 5.39 Å². The van der Waals surface area contributed by atoms with E-state index in [4.69, 9.17) is 14.2 Å². The van der Waals surface area contributed by atoms with Crippen molar-refractivity contribution in [3.05, 3.63) is 41.7 Å². The molecule has 6 nitrogen and oxygen atoms in total. The van der Waals surface area contributed by atoms with Crippen LogP contribution in [0.15, 0.2) is 30.5 Å². The maximum Gasteiger partial charge on any atom is 0.216 e. The van der Waals surface area contributed by atoms with Crippen LogP contribution in [0.4, 0.5) is 0 Å². The van der Waals surface area contributed by atoms with Gasteiger partial charge in [0.1, 0.15) is 5.69 Å². The monoisotopic (exact) mass is 337 g/mol. The van der Waals surface area contributed by atoms with E-state index in [0.29, 0.717) is 39.3 Å². The molecule has 0 saturated carbocycles. The fourth-order valence-electron chi connectivity index (χ4n) is 3.38. The Kier molecular flexibility index (Phi) is 3.28.